The van der Waals surface area contributed by atoms with Gasteiger partial charge in [-0.2, -0.15) is 0 Å². The Morgan fingerprint density at radius 3 is 1.48 bits per heavy atom. The number of Topliss-reactive ketones (excluding diaryl/α,β-unsaturated/α-hetero) is 1. The van der Waals surface area contributed by atoms with Crippen molar-refractivity contribution in [2.45, 2.75) is 21.3 Å². The van der Waals surface area contributed by atoms with E-state index in [1.807, 2.05) is 48.0 Å². The molecular formula is C40H29Cl5N10O2S7. The van der Waals surface area contributed by atoms with Crippen molar-refractivity contribution in [2.24, 2.45) is 4.99 Å². The van der Waals surface area contributed by atoms with Crippen molar-refractivity contribution in [3.63, 3.8) is 0 Å². The van der Waals surface area contributed by atoms with Gasteiger partial charge in [-0.05, 0) is 85.4 Å². The number of hydrogen-bond donors (Lipinski definition) is 1. The van der Waals surface area contributed by atoms with Gasteiger partial charge in [0.2, 0.25) is 9.23 Å². The molecule has 328 valence electrons. The number of rotatable bonds is 5. The zero-order valence-corrected chi connectivity index (χ0v) is 41.7. The van der Waals surface area contributed by atoms with Gasteiger partial charge < -0.3 is 5.32 Å². The van der Waals surface area contributed by atoms with Gasteiger partial charge in [0.1, 0.15) is 11.4 Å². The van der Waals surface area contributed by atoms with Crippen LogP contribution in [0.1, 0.15) is 35.8 Å². The molecule has 0 atom stereocenters. The van der Waals surface area contributed by atoms with E-state index in [-0.39, 0.29) is 13.2 Å². The van der Waals surface area contributed by atoms with Gasteiger partial charge in [-0.25, -0.2) is 4.21 Å². The molecule has 12 nitrogen and oxygen atoms in total. The van der Waals surface area contributed by atoms with Crippen molar-refractivity contribution in [3.8, 4) is 33.6 Å². The van der Waals surface area contributed by atoms with E-state index in [9.17, 15) is 4.79 Å². The molecule has 0 amide bonds. The van der Waals surface area contributed by atoms with E-state index in [2.05, 4.69) is 76.8 Å². The average molecular weight is 1080 g/mol. The molecule has 10 heterocycles. The maximum absolute atomic E-state index is 11.1. The second-order valence-electron chi connectivity index (χ2n) is 11.9. The monoisotopic (exact) mass is 1080 g/mol. The summed E-state index contributed by atoms with van der Waals surface area (Å²) in [6.07, 6.45) is 12.1. The molecule has 0 aromatic carbocycles. The third-order valence-electron chi connectivity index (χ3n) is 7.97. The molecule has 10 aromatic heterocycles. The van der Waals surface area contributed by atoms with Crippen LogP contribution < -0.4 is 5.32 Å². The van der Waals surface area contributed by atoms with Crippen molar-refractivity contribution in [2.75, 3.05) is 12.4 Å². The van der Waals surface area contributed by atoms with Gasteiger partial charge in [0, 0.05) is 75.7 Å². The summed E-state index contributed by atoms with van der Waals surface area (Å²) in [5.41, 5.74) is 7.25. The number of hydrogen-bond acceptors (Lipinski definition) is 18. The zero-order chi connectivity index (χ0) is 45.0. The number of fused-ring (bicyclic) bond motifs is 4. The molecule has 0 aliphatic rings. The van der Waals surface area contributed by atoms with Crippen molar-refractivity contribution in [1.82, 2.24) is 39.1 Å². The number of carbonyl (C=O) groups excluding carboxylic acids is 1. The maximum Gasteiger partial charge on any atom is 0.211 e. The van der Waals surface area contributed by atoms with Gasteiger partial charge >= 0.3 is 0 Å². The highest BCUT2D eigenvalue weighted by atomic mass is 36.0. The molecule has 0 radical (unpaired) electrons. The van der Waals surface area contributed by atoms with Crippen molar-refractivity contribution >= 4 is 192 Å². The van der Waals surface area contributed by atoms with Gasteiger partial charge in [-0.15, -0.1) is 55.5 Å². The quantitative estimate of drug-likeness (QED) is 0.0574. The van der Waals surface area contributed by atoms with Gasteiger partial charge in [0.15, 0.2) is 5.78 Å². The third kappa shape index (κ3) is 13.2. The largest absolute Gasteiger partial charge is 0.314 e. The van der Waals surface area contributed by atoms with E-state index in [0.717, 1.165) is 88.3 Å². The van der Waals surface area contributed by atoms with E-state index in [1.165, 1.54) is 34.4 Å². The summed E-state index contributed by atoms with van der Waals surface area (Å²) in [6.45, 7) is 3.53. The Morgan fingerprint density at radius 2 is 1.08 bits per heavy atom. The number of halogens is 5. The summed E-state index contributed by atoms with van der Waals surface area (Å²) in [7, 11) is 9.14. The zero-order valence-electron chi connectivity index (χ0n) is 32.2. The van der Waals surface area contributed by atoms with Crippen LogP contribution in [0.15, 0.2) is 89.1 Å². The number of nitrogens with one attached hydrogen (secondary N) is 1. The van der Waals surface area contributed by atoms with E-state index in [0.29, 0.717) is 9.90 Å². The highest BCUT2D eigenvalue weighted by Gasteiger charge is 2.12. The molecule has 1 N–H and O–H groups in total. The molecule has 0 bridgehead atoms. The third-order valence-corrected chi connectivity index (χ3v) is 15.1. The molecule has 10 aromatic rings. The summed E-state index contributed by atoms with van der Waals surface area (Å²) in [6, 6.07) is 17.4. The Labute approximate surface area is 417 Å². The minimum atomic E-state index is -1.67. The first-order valence-corrected chi connectivity index (χ1v) is 26.2. The molecule has 0 spiro atoms. The number of carbonyl (C=O) groups is 1. The van der Waals surface area contributed by atoms with E-state index in [1.54, 1.807) is 91.0 Å². The Bertz CT molecular complexity index is 3230. The Morgan fingerprint density at radius 1 is 0.672 bits per heavy atom. The van der Waals surface area contributed by atoms with E-state index < -0.39 is 9.23 Å². The Hall–Kier alpha value is -4.14. The fourth-order valence-electron chi connectivity index (χ4n) is 5.09. The molecule has 24 heteroatoms. The van der Waals surface area contributed by atoms with Crippen LogP contribution in [0, 0.1) is 12.5 Å². The number of nitrogens with zero attached hydrogens (tertiary/aromatic N) is 9. The summed E-state index contributed by atoms with van der Waals surface area (Å²) in [4.78, 5) is 36.1. The second kappa shape index (κ2) is 24.4. The predicted molar refractivity (Wildman–Crippen MR) is 278 cm³/mol. The highest BCUT2D eigenvalue weighted by molar-refractivity contribution is 8.26. The number of pyridine rings is 4. The van der Waals surface area contributed by atoms with Crippen molar-refractivity contribution in [1.29, 1.82) is 0 Å². The lowest BCUT2D eigenvalue weighted by Crippen LogP contribution is -1.87. The maximum atomic E-state index is 11.1. The second-order valence-corrected chi connectivity index (χ2v) is 21.1. The van der Waals surface area contributed by atoms with Crippen LogP contribution in [0.5, 0.6) is 0 Å². The van der Waals surface area contributed by atoms with Gasteiger partial charge in [-0.1, -0.05) is 57.6 Å². The molecule has 0 unspecified atom stereocenters. The SMILES string of the molecule is C.C#CNc1ccnc2cc(-c3csnn3)sc12.CC(=O)c1cc2nccc(Cl)c2s1.CN=C(C)c1cc2nccc(Cl)c2s1.Clc1ccnc2cc(-c3csnn3)sc12.O=S(Cl)Cl. The first-order valence-electron chi connectivity index (χ1n) is 17.3. The number of aromatic nitrogens is 8. The van der Waals surface area contributed by atoms with Crippen molar-refractivity contribution < 1.29 is 9.00 Å². The van der Waals surface area contributed by atoms with E-state index in [4.69, 9.17) is 45.4 Å². The number of aliphatic imine (C=N–C) groups is 1. The molecule has 0 saturated heterocycles. The van der Waals surface area contributed by atoms with Crippen LogP contribution in [0.4, 0.5) is 5.69 Å². The lowest BCUT2D eigenvalue weighted by molar-refractivity contribution is 0.102. The van der Waals surface area contributed by atoms with Crippen LogP contribution in [0.25, 0.3) is 62.0 Å². The minimum Gasteiger partial charge on any atom is -0.314 e. The standard InChI is InChI=1S/C11H6N4S2.C10H9ClN2S.C9H4ClN3S2.C9H6ClNOS.CH4.Cl2OS/c1-2-12-7-3-4-13-8-5-10(17-11(7)8)9-6-16-15-14-9;1-6(12-2)9-5-8-10(14-9)7(11)3-4-13-8;10-5-1-2-11-6-3-8(15-9(5)6)7-4-14-13-12-7;1-5(12)8-4-7-9(13-8)6(10)2-3-11-7;;1-4(2)3/h1,3-6H,(H,12,13);3-5H,1-2H3;1-4H;2-4H,1H3;1H4;. The highest BCUT2D eigenvalue weighted by Crippen LogP contribution is 2.37. The first kappa shape index (κ1) is 50.9. The number of thiophene rings is 4. The molecule has 64 heavy (non-hydrogen) atoms. The first-order chi connectivity index (χ1) is 30.4. The van der Waals surface area contributed by atoms with Crippen LogP contribution in [-0.2, 0) is 9.23 Å². The molecule has 0 saturated carbocycles. The summed E-state index contributed by atoms with van der Waals surface area (Å²) >= 11 is 26.9. The lowest BCUT2D eigenvalue weighted by atomic mass is 10.3. The fourth-order valence-corrected chi connectivity index (χ4v) is 10.9. The summed E-state index contributed by atoms with van der Waals surface area (Å²) in [5, 5.41) is 16.9. The number of anilines is 1. The topological polar surface area (TPSA) is 162 Å². The van der Waals surface area contributed by atoms with Gasteiger partial charge in [0.05, 0.1) is 81.1 Å². The number of terminal acetylenes is 1. The van der Waals surface area contributed by atoms with Crippen LogP contribution in [0.3, 0.4) is 0 Å². The Kier molecular flexibility index (Phi) is 19.4. The fraction of sp³-hybridized carbons (Fsp3) is 0.100. The smallest absolute Gasteiger partial charge is 0.211 e. The van der Waals surface area contributed by atoms with Crippen LogP contribution in [0.2, 0.25) is 15.1 Å². The van der Waals surface area contributed by atoms with Gasteiger partial charge in [-0.3, -0.25) is 29.7 Å². The average Bonchev–Trinajstić information content (AvgIpc) is 4.12. The number of ketones is 1. The molecule has 10 rings (SSSR count). The molecule has 0 fully saturated rings. The van der Waals surface area contributed by atoms with Gasteiger partial charge in [0.25, 0.3) is 0 Å². The summed E-state index contributed by atoms with van der Waals surface area (Å²) in [5.74, 6) is 0.0547. The van der Waals surface area contributed by atoms with Crippen molar-refractivity contribution in [3.05, 3.63) is 109 Å². The summed E-state index contributed by atoms with van der Waals surface area (Å²) < 4.78 is 20.7. The van der Waals surface area contributed by atoms with Crippen LogP contribution in [-0.4, -0.2) is 61.9 Å². The molecule has 0 aliphatic heterocycles. The minimum absolute atomic E-state index is 0. The molecule has 0 aliphatic carbocycles. The normalized spacial score (nSPS) is 10.7. The lowest BCUT2D eigenvalue weighted by Gasteiger charge is -1.97. The van der Waals surface area contributed by atoms with Crippen LogP contribution >= 0.6 is 125 Å². The van der Waals surface area contributed by atoms with E-state index >= 15 is 0 Å². The predicted octanol–water partition coefficient (Wildman–Crippen LogP) is 14.5. The Balaban J connectivity index is 0.000000156. The molecular weight excluding hydrogens is 1050 g/mol.